The van der Waals surface area contributed by atoms with Crippen LogP contribution in [-0.2, 0) is 9.53 Å². The summed E-state index contributed by atoms with van der Waals surface area (Å²) in [5, 5.41) is 12.0. The smallest absolute Gasteiger partial charge is 0.323 e. The molecule has 2 N–H and O–H groups in total. The van der Waals surface area contributed by atoms with Crippen LogP contribution in [0.15, 0.2) is 0 Å². The molecule has 1 rings (SSSR count). The molecule has 0 spiro atoms. The summed E-state index contributed by atoms with van der Waals surface area (Å²) in [6, 6.07) is 0.501. The molecule has 0 aromatic rings. The van der Waals surface area contributed by atoms with Crippen molar-refractivity contribution in [3.63, 3.8) is 0 Å². The van der Waals surface area contributed by atoms with E-state index in [1.807, 2.05) is 0 Å². The van der Waals surface area contributed by atoms with Crippen LogP contribution < -0.4 is 5.32 Å². The van der Waals surface area contributed by atoms with Gasteiger partial charge in [0.1, 0.15) is 5.54 Å². The summed E-state index contributed by atoms with van der Waals surface area (Å²) in [7, 11) is 3.78. The lowest BCUT2D eigenvalue weighted by atomic mass is 9.96. The molecule has 0 aromatic carbocycles. The maximum Gasteiger partial charge on any atom is 0.323 e. The average Bonchev–Trinajstić information content (AvgIpc) is 2.81. The van der Waals surface area contributed by atoms with Crippen LogP contribution in [0, 0.1) is 0 Å². The fraction of sp³-hybridized carbons (Fsp3) is 0.917. The van der Waals surface area contributed by atoms with Crippen molar-refractivity contribution < 1.29 is 14.6 Å². The molecule has 0 aromatic heterocycles. The monoisotopic (exact) mass is 244 g/mol. The summed E-state index contributed by atoms with van der Waals surface area (Å²) in [4.78, 5) is 13.4. The molecule has 5 nitrogen and oxygen atoms in total. The van der Waals surface area contributed by atoms with E-state index in [2.05, 4.69) is 17.3 Å². The van der Waals surface area contributed by atoms with Crippen LogP contribution in [0.2, 0.25) is 0 Å². The summed E-state index contributed by atoms with van der Waals surface area (Å²) in [5.41, 5.74) is -0.812. The molecule has 1 fully saturated rings. The first kappa shape index (κ1) is 14.4. The molecule has 0 aliphatic carbocycles. The second-order valence-electron chi connectivity index (χ2n) is 4.99. The topological polar surface area (TPSA) is 61.8 Å². The van der Waals surface area contributed by atoms with Crippen molar-refractivity contribution in [1.82, 2.24) is 10.2 Å². The minimum Gasteiger partial charge on any atom is -0.480 e. The summed E-state index contributed by atoms with van der Waals surface area (Å²) < 4.78 is 5.34. The van der Waals surface area contributed by atoms with Crippen molar-refractivity contribution in [2.75, 3.05) is 33.9 Å². The Morgan fingerprint density at radius 1 is 1.65 bits per heavy atom. The number of carboxylic acid groups (broad SMARTS) is 1. The second kappa shape index (κ2) is 6.33. The Hall–Kier alpha value is -0.650. The number of carboxylic acids is 1. The van der Waals surface area contributed by atoms with Crippen LogP contribution in [0.3, 0.4) is 0 Å². The molecular weight excluding hydrogens is 220 g/mol. The quantitative estimate of drug-likeness (QED) is 0.685. The van der Waals surface area contributed by atoms with Gasteiger partial charge in [0.15, 0.2) is 0 Å². The lowest BCUT2D eigenvalue weighted by molar-refractivity contribution is -0.144. The first-order chi connectivity index (χ1) is 7.99. The van der Waals surface area contributed by atoms with E-state index in [-0.39, 0.29) is 0 Å². The summed E-state index contributed by atoms with van der Waals surface area (Å²) >= 11 is 0. The number of hydrogen-bond donors (Lipinski definition) is 2. The average molecular weight is 244 g/mol. The van der Waals surface area contributed by atoms with Gasteiger partial charge in [0.05, 0.1) is 6.61 Å². The van der Waals surface area contributed by atoms with Crippen molar-refractivity contribution in [1.29, 1.82) is 0 Å². The van der Waals surface area contributed by atoms with Gasteiger partial charge in [-0.1, -0.05) is 0 Å². The van der Waals surface area contributed by atoms with Crippen LogP contribution >= 0.6 is 0 Å². The zero-order valence-electron chi connectivity index (χ0n) is 11.0. The van der Waals surface area contributed by atoms with E-state index in [1.54, 1.807) is 14.0 Å². The first-order valence-electron chi connectivity index (χ1n) is 6.20. The molecule has 0 bridgehead atoms. The van der Waals surface area contributed by atoms with Crippen molar-refractivity contribution in [3.05, 3.63) is 0 Å². The fourth-order valence-corrected chi connectivity index (χ4v) is 2.07. The SMILES string of the molecule is CNC(C)(CCCN(C)C1CCOC1)C(=O)O. The highest BCUT2D eigenvalue weighted by Crippen LogP contribution is 2.15. The third-order valence-corrected chi connectivity index (χ3v) is 3.74. The summed E-state index contributed by atoms with van der Waals surface area (Å²) in [6.45, 7) is 4.30. The molecule has 1 aliphatic rings. The Morgan fingerprint density at radius 3 is 2.82 bits per heavy atom. The highest BCUT2D eigenvalue weighted by atomic mass is 16.5. The van der Waals surface area contributed by atoms with E-state index in [1.165, 1.54) is 0 Å². The van der Waals surface area contributed by atoms with Gasteiger partial charge in [-0.15, -0.1) is 0 Å². The second-order valence-corrected chi connectivity index (χ2v) is 4.99. The molecule has 1 aliphatic heterocycles. The van der Waals surface area contributed by atoms with E-state index in [9.17, 15) is 4.79 Å². The van der Waals surface area contributed by atoms with Crippen LogP contribution in [0.4, 0.5) is 0 Å². The Bertz CT molecular complexity index is 254. The number of nitrogens with one attached hydrogen (secondary N) is 1. The zero-order valence-corrected chi connectivity index (χ0v) is 11.0. The minimum atomic E-state index is -0.812. The number of rotatable bonds is 7. The lowest BCUT2D eigenvalue weighted by Gasteiger charge is -2.27. The van der Waals surface area contributed by atoms with Crippen molar-refractivity contribution in [3.8, 4) is 0 Å². The Morgan fingerprint density at radius 2 is 2.35 bits per heavy atom. The van der Waals surface area contributed by atoms with Crippen LogP contribution in [0.25, 0.3) is 0 Å². The largest absolute Gasteiger partial charge is 0.480 e. The van der Waals surface area contributed by atoms with Crippen LogP contribution in [-0.4, -0.2) is 61.4 Å². The third kappa shape index (κ3) is 3.94. The molecule has 0 radical (unpaired) electrons. The zero-order chi connectivity index (χ0) is 12.9. The molecular formula is C12H24N2O3. The number of hydrogen-bond acceptors (Lipinski definition) is 4. The van der Waals surface area contributed by atoms with Gasteiger partial charge in [-0.3, -0.25) is 4.79 Å². The van der Waals surface area contributed by atoms with Crippen molar-refractivity contribution in [2.45, 2.75) is 37.8 Å². The fourth-order valence-electron chi connectivity index (χ4n) is 2.07. The summed E-state index contributed by atoms with van der Waals surface area (Å²) in [5.74, 6) is -0.785. The van der Waals surface area contributed by atoms with Crippen molar-refractivity contribution >= 4 is 5.97 Å². The number of carbonyl (C=O) groups is 1. The van der Waals surface area contributed by atoms with Gasteiger partial charge in [0.25, 0.3) is 0 Å². The van der Waals surface area contributed by atoms with E-state index >= 15 is 0 Å². The van der Waals surface area contributed by atoms with Crippen molar-refractivity contribution in [2.24, 2.45) is 0 Å². The van der Waals surface area contributed by atoms with E-state index in [0.717, 1.165) is 32.6 Å². The molecule has 2 atom stereocenters. The van der Waals surface area contributed by atoms with Gasteiger partial charge in [0, 0.05) is 12.6 Å². The highest BCUT2D eigenvalue weighted by molar-refractivity contribution is 5.78. The number of likely N-dealkylation sites (N-methyl/N-ethyl adjacent to an activating group) is 2. The van der Waals surface area contributed by atoms with Gasteiger partial charge in [-0.25, -0.2) is 0 Å². The standard InChI is InChI=1S/C12H24N2O3/c1-12(13-2,11(15)16)6-4-7-14(3)10-5-8-17-9-10/h10,13H,4-9H2,1-3H3,(H,15,16). The maximum absolute atomic E-state index is 11.1. The lowest BCUT2D eigenvalue weighted by Crippen LogP contribution is -2.48. The van der Waals surface area contributed by atoms with Gasteiger partial charge >= 0.3 is 5.97 Å². The molecule has 0 amide bonds. The molecule has 1 heterocycles. The van der Waals surface area contributed by atoms with Gasteiger partial charge in [-0.2, -0.15) is 0 Å². The third-order valence-electron chi connectivity index (χ3n) is 3.74. The van der Waals surface area contributed by atoms with E-state index in [0.29, 0.717) is 12.5 Å². The highest BCUT2D eigenvalue weighted by Gasteiger charge is 2.30. The maximum atomic E-state index is 11.1. The van der Waals surface area contributed by atoms with E-state index in [4.69, 9.17) is 9.84 Å². The van der Waals surface area contributed by atoms with Gasteiger partial charge < -0.3 is 20.1 Å². The van der Waals surface area contributed by atoms with Crippen LogP contribution in [0.1, 0.15) is 26.2 Å². The molecule has 17 heavy (non-hydrogen) atoms. The van der Waals surface area contributed by atoms with Gasteiger partial charge in [0.2, 0.25) is 0 Å². The Kier molecular flexibility index (Phi) is 5.36. The first-order valence-corrected chi connectivity index (χ1v) is 6.20. The predicted octanol–water partition coefficient (Wildman–Crippen LogP) is 0.550. The predicted molar refractivity (Wildman–Crippen MR) is 66.2 cm³/mol. The molecule has 1 saturated heterocycles. The number of ether oxygens (including phenoxy) is 1. The Labute approximate surface area is 103 Å². The summed E-state index contributed by atoms with van der Waals surface area (Å²) in [6.07, 6.45) is 2.59. The van der Waals surface area contributed by atoms with E-state index < -0.39 is 11.5 Å². The molecule has 0 saturated carbocycles. The Balaban J connectivity index is 2.28. The number of aliphatic carboxylic acids is 1. The van der Waals surface area contributed by atoms with Crippen LogP contribution in [0.5, 0.6) is 0 Å². The molecule has 5 heteroatoms. The molecule has 100 valence electrons. The molecule has 2 unspecified atom stereocenters. The minimum absolute atomic E-state index is 0.501. The normalized spacial score (nSPS) is 23.9. The number of nitrogens with zero attached hydrogens (tertiary/aromatic N) is 1. The van der Waals surface area contributed by atoms with Gasteiger partial charge in [-0.05, 0) is 46.8 Å².